The lowest BCUT2D eigenvalue weighted by Gasteiger charge is -2.25. The van der Waals surface area contributed by atoms with Crippen molar-refractivity contribution in [1.82, 2.24) is 14.5 Å². The second-order valence-corrected chi connectivity index (χ2v) is 10.5. The number of Topliss-reactive ketones (excluding diaryl/α,β-unsaturated/α-hetero) is 1. The summed E-state index contributed by atoms with van der Waals surface area (Å²) in [5.41, 5.74) is -0.567. The SMILES string of the molecule is O=C(CSc1nnc(-c2cccc(S(=O)(=O)N3CCCCC3)c2)o1)c1cccc(C(F)(F)F)c1. The number of hydrogen-bond acceptors (Lipinski definition) is 7. The van der Waals surface area contributed by atoms with Crippen LogP contribution >= 0.6 is 11.8 Å². The van der Waals surface area contributed by atoms with E-state index in [4.69, 9.17) is 4.42 Å². The Morgan fingerprint density at radius 1 is 1.03 bits per heavy atom. The molecule has 4 rings (SSSR count). The Labute approximate surface area is 198 Å². The minimum absolute atomic E-state index is 0.0413. The maximum atomic E-state index is 12.9. The van der Waals surface area contributed by atoms with Crippen molar-refractivity contribution >= 4 is 27.6 Å². The van der Waals surface area contributed by atoms with Gasteiger partial charge in [0.25, 0.3) is 5.22 Å². The number of rotatable bonds is 7. The summed E-state index contributed by atoms with van der Waals surface area (Å²) in [6.07, 6.45) is -1.89. The van der Waals surface area contributed by atoms with Crippen LogP contribution in [0.2, 0.25) is 0 Å². The predicted octanol–water partition coefficient (Wildman–Crippen LogP) is 4.91. The molecule has 1 fully saturated rings. The normalized spacial score (nSPS) is 15.4. The highest BCUT2D eigenvalue weighted by atomic mass is 32.2. The minimum Gasteiger partial charge on any atom is -0.411 e. The van der Waals surface area contributed by atoms with Crippen molar-refractivity contribution in [2.75, 3.05) is 18.8 Å². The van der Waals surface area contributed by atoms with Crippen LogP contribution in [0.4, 0.5) is 13.2 Å². The zero-order valence-electron chi connectivity index (χ0n) is 17.8. The summed E-state index contributed by atoms with van der Waals surface area (Å²) in [6, 6.07) is 10.4. The lowest BCUT2D eigenvalue weighted by atomic mass is 10.1. The van der Waals surface area contributed by atoms with E-state index < -0.39 is 27.5 Å². The van der Waals surface area contributed by atoms with Gasteiger partial charge in [-0.05, 0) is 43.2 Å². The Balaban J connectivity index is 1.45. The molecule has 34 heavy (non-hydrogen) atoms. The highest BCUT2D eigenvalue weighted by molar-refractivity contribution is 7.99. The number of benzene rings is 2. The standard InChI is InChI=1S/C22H20F3N3O4S2/c23-22(24,25)17-8-4-6-15(12-17)19(29)14-33-21-27-26-20(32-21)16-7-5-9-18(13-16)34(30,31)28-10-2-1-3-11-28/h4-9,12-13H,1-3,10-11,14H2. The molecule has 1 saturated heterocycles. The molecule has 0 spiro atoms. The lowest BCUT2D eigenvalue weighted by Crippen LogP contribution is -2.35. The molecular formula is C22H20F3N3O4S2. The van der Waals surface area contributed by atoms with Crippen LogP contribution in [0.1, 0.15) is 35.2 Å². The van der Waals surface area contributed by atoms with Crippen molar-refractivity contribution in [1.29, 1.82) is 0 Å². The largest absolute Gasteiger partial charge is 0.416 e. The number of ketones is 1. The number of carbonyl (C=O) groups excluding carboxylic acids is 1. The fraction of sp³-hybridized carbons (Fsp3) is 0.318. The Hall–Kier alpha value is -2.70. The first-order valence-corrected chi connectivity index (χ1v) is 12.8. The fourth-order valence-corrected chi connectivity index (χ4v) is 5.73. The molecule has 2 aromatic carbocycles. The molecular weight excluding hydrogens is 491 g/mol. The van der Waals surface area contributed by atoms with Crippen LogP contribution in [-0.4, -0.2) is 47.5 Å². The number of piperidine rings is 1. The van der Waals surface area contributed by atoms with Crippen molar-refractivity contribution in [2.24, 2.45) is 0 Å². The minimum atomic E-state index is -4.54. The van der Waals surface area contributed by atoms with E-state index in [-0.39, 0.29) is 27.3 Å². The molecule has 180 valence electrons. The Morgan fingerprint density at radius 3 is 2.50 bits per heavy atom. The quantitative estimate of drug-likeness (QED) is 0.329. The lowest BCUT2D eigenvalue weighted by molar-refractivity contribution is -0.137. The maximum absolute atomic E-state index is 12.9. The van der Waals surface area contributed by atoms with Crippen molar-refractivity contribution in [3.63, 3.8) is 0 Å². The van der Waals surface area contributed by atoms with Crippen LogP contribution in [0.5, 0.6) is 0 Å². The van der Waals surface area contributed by atoms with E-state index in [0.29, 0.717) is 18.7 Å². The molecule has 3 aromatic rings. The van der Waals surface area contributed by atoms with Gasteiger partial charge in [-0.3, -0.25) is 4.79 Å². The van der Waals surface area contributed by atoms with Gasteiger partial charge in [0, 0.05) is 24.2 Å². The average molecular weight is 512 g/mol. The second-order valence-electron chi connectivity index (χ2n) is 7.66. The molecule has 2 heterocycles. The van der Waals surface area contributed by atoms with E-state index in [0.717, 1.165) is 43.2 Å². The van der Waals surface area contributed by atoms with Gasteiger partial charge in [-0.1, -0.05) is 36.4 Å². The molecule has 0 bridgehead atoms. The number of thioether (sulfide) groups is 1. The van der Waals surface area contributed by atoms with E-state index in [2.05, 4.69) is 10.2 Å². The Bertz CT molecular complexity index is 1290. The zero-order valence-corrected chi connectivity index (χ0v) is 19.4. The zero-order chi connectivity index (χ0) is 24.3. The molecule has 0 amide bonds. The van der Waals surface area contributed by atoms with Gasteiger partial charge < -0.3 is 4.42 Å². The van der Waals surface area contributed by atoms with Crippen molar-refractivity contribution in [3.05, 3.63) is 59.7 Å². The first kappa shape index (κ1) is 24.4. The predicted molar refractivity (Wildman–Crippen MR) is 119 cm³/mol. The van der Waals surface area contributed by atoms with Crippen molar-refractivity contribution < 1.29 is 30.8 Å². The van der Waals surface area contributed by atoms with Gasteiger partial charge in [0.15, 0.2) is 5.78 Å². The molecule has 0 unspecified atom stereocenters. The van der Waals surface area contributed by atoms with Crippen LogP contribution in [0.15, 0.2) is 63.1 Å². The number of aromatic nitrogens is 2. The van der Waals surface area contributed by atoms with E-state index >= 15 is 0 Å². The summed E-state index contributed by atoms with van der Waals surface area (Å²) >= 11 is 0.887. The Kier molecular flexibility index (Phi) is 7.10. The highest BCUT2D eigenvalue weighted by Gasteiger charge is 2.31. The molecule has 0 N–H and O–H groups in total. The van der Waals surface area contributed by atoms with E-state index in [1.807, 2.05) is 0 Å². The number of nitrogens with zero attached hydrogens (tertiary/aromatic N) is 3. The second kappa shape index (κ2) is 9.88. The summed E-state index contributed by atoms with van der Waals surface area (Å²) in [4.78, 5) is 12.5. The first-order valence-electron chi connectivity index (χ1n) is 10.4. The number of halogens is 3. The third-order valence-electron chi connectivity index (χ3n) is 5.28. The summed E-state index contributed by atoms with van der Waals surface area (Å²) in [5, 5.41) is 7.81. The topological polar surface area (TPSA) is 93.4 Å². The number of sulfonamides is 1. The number of hydrogen-bond donors (Lipinski definition) is 0. The highest BCUT2D eigenvalue weighted by Crippen LogP contribution is 2.31. The van der Waals surface area contributed by atoms with Gasteiger partial charge in [0.2, 0.25) is 15.9 Å². The fourth-order valence-electron chi connectivity index (χ4n) is 3.51. The molecule has 1 aromatic heterocycles. The van der Waals surface area contributed by atoms with Crippen LogP contribution in [-0.2, 0) is 16.2 Å². The molecule has 12 heteroatoms. The van der Waals surface area contributed by atoms with Gasteiger partial charge in [0.1, 0.15) is 0 Å². The van der Waals surface area contributed by atoms with Crippen LogP contribution in [0.25, 0.3) is 11.5 Å². The van der Waals surface area contributed by atoms with Crippen molar-refractivity contribution in [3.8, 4) is 11.5 Å². The molecule has 7 nitrogen and oxygen atoms in total. The third kappa shape index (κ3) is 5.50. The van der Waals surface area contributed by atoms with Crippen LogP contribution in [0, 0.1) is 0 Å². The molecule has 0 radical (unpaired) electrons. The first-order chi connectivity index (χ1) is 16.1. The third-order valence-corrected chi connectivity index (χ3v) is 7.99. The van der Waals surface area contributed by atoms with Gasteiger partial charge in [-0.25, -0.2) is 8.42 Å². The van der Waals surface area contributed by atoms with Gasteiger partial charge >= 0.3 is 6.18 Å². The van der Waals surface area contributed by atoms with Gasteiger partial charge in [0.05, 0.1) is 16.2 Å². The average Bonchev–Trinajstić information content (AvgIpc) is 3.32. The van der Waals surface area contributed by atoms with E-state index in [1.165, 1.54) is 28.6 Å². The monoisotopic (exact) mass is 511 g/mol. The van der Waals surface area contributed by atoms with Crippen LogP contribution < -0.4 is 0 Å². The Morgan fingerprint density at radius 2 is 1.76 bits per heavy atom. The smallest absolute Gasteiger partial charge is 0.411 e. The summed E-state index contributed by atoms with van der Waals surface area (Å²) in [7, 11) is -3.64. The van der Waals surface area contributed by atoms with Gasteiger partial charge in [-0.15, -0.1) is 10.2 Å². The summed E-state index contributed by atoms with van der Waals surface area (Å²) in [6.45, 7) is 0.960. The van der Waals surface area contributed by atoms with E-state index in [9.17, 15) is 26.4 Å². The number of alkyl halides is 3. The van der Waals surface area contributed by atoms with Gasteiger partial charge in [-0.2, -0.15) is 17.5 Å². The summed E-state index contributed by atoms with van der Waals surface area (Å²) in [5.74, 6) is -0.651. The molecule has 0 atom stereocenters. The van der Waals surface area contributed by atoms with E-state index in [1.54, 1.807) is 12.1 Å². The maximum Gasteiger partial charge on any atom is 0.416 e. The number of carbonyl (C=O) groups is 1. The molecule has 1 aliphatic rings. The molecule has 0 aliphatic carbocycles. The molecule has 0 saturated carbocycles. The molecule has 1 aliphatic heterocycles. The summed E-state index contributed by atoms with van der Waals surface area (Å²) < 4.78 is 71.4. The van der Waals surface area contributed by atoms with Crippen molar-refractivity contribution in [2.45, 2.75) is 35.6 Å². The van der Waals surface area contributed by atoms with Crippen LogP contribution in [0.3, 0.4) is 0 Å².